The second-order valence-corrected chi connectivity index (χ2v) is 9.58. The van der Waals surface area contributed by atoms with Crippen molar-refractivity contribution in [2.45, 2.75) is 44.8 Å². The first-order valence-corrected chi connectivity index (χ1v) is 14.2. The number of para-hydroxylation sites is 1. The Kier molecular flexibility index (Phi) is 13.8. The van der Waals surface area contributed by atoms with Gasteiger partial charge in [0.2, 0.25) is 0 Å². The Morgan fingerprint density at radius 3 is 2.50 bits per heavy atom. The largest absolute Gasteiger partial charge is 0.350 e. The summed E-state index contributed by atoms with van der Waals surface area (Å²) < 4.78 is 11.2. The van der Waals surface area contributed by atoms with Crippen LogP contribution in [-0.4, -0.2) is 38.0 Å². The lowest BCUT2D eigenvalue weighted by molar-refractivity contribution is -0.0457. The van der Waals surface area contributed by atoms with E-state index in [-0.39, 0.29) is 6.29 Å². The number of hydroxylamine groups is 1. The van der Waals surface area contributed by atoms with Crippen molar-refractivity contribution in [2.75, 3.05) is 31.5 Å². The second kappa shape index (κ2) is 16.6. The van der Waals surface area contributed by atoms with Gasteiger partial charge in [0.15, 0.2) is 6.29 Å². The number of anilines is 1. The van der Waals surface area contributed by atoms with Crippen molar-refractivity contribution < 1.29 is 14.7 Å². The molecule has 0 saturated carbocycles. The molecule has 0 spiro atoms. The van der Waals surface area contributed by atoms with Gasteiger partial charge in [0, 0.05) is 23.2 Å². The number of hydrogen-bond donors (Lipinski definition) is 3. The highest BCUT2D eigenvalue weighted by Crippen LogP contribution is 2.36. The fourth-order valence-corrected chi connectivity index (χ4v) is 5.12. The smallest absolute Gasteiger partial charge is 0.158 e. The van der Waals surface area contributed by atoms with Gasteiger partial charge in [-0.05, 0) is 61.1 Å². The second-order valence-electron chi connectivity index (χ2n) is 7.61. The Balaban J connectivity index is 0.000000850. The number of thiophene rings is 1. The van der Waals surface area contributed by atoms with E-state index in [1.165, 1.54) is 22.4 Å². The van der Waals surface area contributed by atoms with Crippen molar-refractivity contribution in [2.24, 2.45) is 5.84 Å². The molecule has 0 radical (unpaired) electrons. The number of nitrogens with one attached hydrogen (secondary N) is 1. The van der Waals surface area contributed by atoms with Gasteiger partial charge >= 0.3 is 0 Å². The van der Waals surface area contributed by atoms with Crippen LogP contribution in [0, 0.1) is 6.92 Å². The first kappa shape index (κ1) is 30.1. The molecule has 0 atom stereocenters. The van der Waals surface area contributed by atoms with Gasteiger partial charge in [0.1, 0.15) is 0 Å². The SMILES string of the molecule is CC.CNO.CSc1cccc(-c2ccc(/C(=C/CCC3OCCO3)N(N)c3ccccc3C)s2)c1. The van der Waals surface area contributed by atoms with E-state index in [1.54, 1.807) is 33.6 Å². The molecule has 0 aliphatic carbocycles. The Bertz CT molecular complexity index is 1070. The minimum atomic E-state index is -0.115. The van der Waals surface area contributed by atoms with E-state index in [2.05, 4.69) is 67.8 Å². The maximum absolute atomic E-state index is 7.32. The van der Waals surface area contributed by atoms with Crippen LogP contribution in [0.5, 0.6) is 0 Å². The maximum Gasteiger partial charge on any atom is 0.158 e. The van der Waals surface area contributed by atoms with Gasteiger partial charge in [-0.2, -0.15) is 0 Å². The molecule has 3 aromatic rings. The van der Waals surface area contributed by atoms with E-state index in [1.807, 2.05) is 26.0 Å². The average molecular weight is 530 g/mol. The summed E-state index contributed by atoms with van der Waals surface area (Å²) in [4.78, 5) is 3.64. The molecule has 0 bridgehead atoms. The lowest BCUT2D eigenvalue weighted by Gasteiger charge is -2.23. The molecule has 1 fully saturated rings. The van der Waals surface area contributed by atoms with E-state index in [9.17, 15) is 0 Å². The first-order valence-electron chi connectivity index (χ1n) is 12.2. The highest BCUT2D eigenvalue weighted by molar-refractivity contribution is 7.98. The van der Waals surface area contributed by atoms with Crippen LogP contribution in [0.2, 0.25) is 0 Å². The summed E-state index contributed by atoms with van der Waals surface area (Å²) >= 11 is 3.52. The minimum absolute atomic E-state index is 0.115. The van der Waals surface area contributed by atoms with Crippen LogP contribution >= 0.6 is 23.1 Å². The highest BCUT2D eigenvalue weighted by Gasteiger charge is 2.18. The fourth-order valence-electron chi connectivity index (χ4n) is 3.62. The van der Waals surface area contributed by atoms with Gasteiger partial charge in [0.25, 0.3) is 0 Å². The van der Waals surface area contributed by atoms with Gasteiger partial charge in [-0.25, -0.2) is 11.3 Å². The number of rotatable bonds is 8. The zero-order valence-corrected chi connectivity index (χ0v) is 23.5. The predicted molar refractivity (Wildman–Crippen MR) is 154 cm³/mol. The minimum Gasteiger partial charge on any atom is -0.350 e. The molecule has 1 saturated heterocycles. The van der Waals surface area contributed by atoms with Crippen molar-refractivity contribution >= 4 is 34.5 Å². The van der Waals surface area contributed by atoms with Crippen LogP contribution < -0.4 is 16.3 Å². The summed E-state index contributed by atoms with van der Waals surface area (Å²) in [7, 11) is 1.43. The number of hydrogen-bond acceptors (Lipinski definition) is 8. The molecular weight excluding hydrogens is 490 g/mol. The van der Waals surface area contributed by atoms with E-state index in [0.29, 0.717) is 13.2 Å². The van der Waals surface area contributed by atoms with Gasteiger partial charge in [-0.3, -0.25) is 5.01 Å². The molecule has 8 heteroatoms. The summed E-state index contributed by atoms with van der Waals surface area (Å²) in [6.45, 7) is 7.44. The van der Waals surface area contributed by atoms with Crippen LogP contribution in [0.4, 0.5) is 5.69 Å². The Morgan fingerprint density at radius 1 is 1.14 bits per heavy atom. The van der Waals surface area contributed by atoms with Crippen LogP contribution in [0.15, 0.2) is 71.6 Å². The van der Waals surface area contributed by atoms with E-state index >= 15 is 0 Å². The fraction of sp³-hybridized carbons (Fsp3) is 0.357. The third-order valence-electron chi connectivity index (χ3n) is 5.28. The molecular formula is C28H39N3O3S2. The number of hydrazine groups is 1. The number of allylic oxidation sites excluding steroid dienone is 1. The average Bonchev–Trinajstić information content (AvgIpc) is 3.61. The summed E-state index contributed by atoms with van der Waals surface area (Å²) in [5.74, 6) is 6.67. The van der Waals surface area contributed by atoms with Crippen LogP contribution in [0.3, 0.4) is 0 Å². The quantitative estimate of drug-likeness (QED) is 0.166. The van der Waals surface area contributed by atoms with E-state index in [4.69, 9.17) is 20.5 Å². The number of aryl methyl sites for hydroxylation is 1. The monoisotopic (exact) mass is 529 g/mol. The molecule has 2 heterocycles. The van der Waals surface area contributed by atoms with Gasteiger partial charge in [-0.1, -0.05) is 50.3 Å². The third-order valence-corrected chi connectivity index (χ3v) is 7.16. The van der Waals surface area contributed by atoms with Crippen molar-refractivity contribution in [3.05, 3.63) is 77.2 Å². The molecule has 1 aromatic heterocycles. The molecule has 196 valence electrons. The summed E-state index contributed by atoms with van der Waals surface area (Å²) in [6, 6.07) is 21.2. The predicted octanol–water partition coefficient (Wildman–Crippen LogP) is 6.94. The standard InChI is InChI=1S/C25H28N2O2S2.C2H6.CH5NO/c1-18-7-3-4-10-21(18)27(26)22(11-6-12-25-28-15-16-29-25)24-14-13-23(31-24)19-8-5-9-20(17-19)30-2;1-2;1-2-3/h3-5,7-11,13-14,17,25H,6,12,15-16,26H2,1-2H3;1-2H3;2-3H,1H3/b22-11-;;. The highest BCUT2D eigenvalue weighted by atomic mass is 32.2. The van der Waals surface area contributed by atoms with Crippen LogP contribution in [0.25, 0.3) is 16.1 Å². The van der Waals surface area contributed by atoms with Crippen LogP contribution in [0.1, 0.15) is 37.1 Å². The van der Waals surface area contributed by atoms with Gasteiger partial charge in [-0.15, -0.1) is 23.1 Å². The molecule has 1 aliphatic heterocycles. The molecule has 2 aromatic carbocycles. The molecule has 1 aliphatic rings. The lowest BCUT2D eigenvalue weighted by Crippen LogP contribution is -2.29. The summed E-state index contributed by atoms with van der Waals surface area (Å²) in [5.41, 5.74) is 6.13. The maximum atomic E-state index is 7.32. The lowest BCUT2D eigenvalue weighted by atomic mass is 10.1. The van der Waals surface area contributed by atoms with E-state index in [0.717, 1.165) is 34.7 Å². The molecule has 6 nitrogen and oxygen atoms in total. The summed E-state index contributed by atoms with van der Waals surface area (Å²) in [6.07, 6.45) is 5.83. The molecule has 4 N–H and O–H groups in total. The number of benzene rings is 2. The van der Waals surface area contributed by atoms with Crippen molar-refractivity contribution in [3.8, 4) is 10.4 Å². The number of thioether (sulfide) groups is 1. The van der Waals surface area contributed by atoms with Gasteiger partial charge in [0.05, 0.1) is 29.5 Å². The van der Waals surface area contributed by atoms with Gasteiger partial charge < -0.3 is 14.7 Å². The molecule has 36 heavy (non-hydrogen) atoms. The van der Waals surface area contributed by atoms with Crippen molar-refractivity contribution in [1.29, 1.82) is 0 Å². The molecule has 0 unspecified atom stereocenters. The Hall–Kier alpha value is -2.17. The molecule has 4 rings (SSSR count). The first-order chi connectivity index (χ1) is 17.6. The topological polar surface area (TPSA) is 80.0 Å². The Morgan fingerprint density at radius 2 is 1.83 bits per heavy atom. The van der Waals surface area contributed by atoms with Crippen molar-refractivity contribution in [3.63, 3.8) is 0 Å². The third kappa shape index (κ3) is 8.74. The molecule has 0 amide bonds. The zero-order chi connectivity index (χ0) is 26.3. The number of nitrogens with two attached hydrogens (primary N) is 1. The normalized spacial score (nSPS) is 13.5. The van der Waals surface area contributed by atoms with E-state index < -0.39 is 0 Å². The van der Waals surface area contributed by atoms with Crippen LogP contribution in [-0.2, 0) is 9.47 Å². The summed E-state index contributed by atoms with van der Waals surface area (Å²) in [5, 5.41) is 9.12. The number of nitrogens with zero attached hydrogens (tertiary/aromatic N) is 1. The number of ether oxygens (including phenoxy) is 2. The zero-order valence-electron chi connectivity index (χ0n) is 21.9. The Labute approximate surface area is 224 Å². The van der Waals surface area contributed by atoms with Crippen molar-refractivity contribution in [1.82, 2.24) is 5.48 Å².